The van der Waals surface area contributed by atoms with Gasteiger partial charge >= 0.3 is 0 Å². The summed E-state index contributed by atoms with van der Waals surface area (Å²) < 4.78 is 10.9. The largest absolute Gasteiger partial charge is 0.493 e. The van der Waals surface area contributed by atoms with Crippen molar-refractivity contribution < 1.29 is 14.6 Å². The highest BCUT2D eigenvalue weighted by molar-refractivity contribution is 5.49. The number of hydrogen-bond acceptors (Lipinski definition) is 4. The first-order valence-corrected chi connectivity index (χ1v) is 7.84. The van der Waals surface area contributed by atoms with Crippen LogP contribution in [0.4, 0.5) is 0 Å². The lowest BCUT2D eigenvalue weighted by molar-refractivity contribution is -0.0132. The Morgan fingerprint density at radius 1 is 1.24 bits per heavy atom. The third-order valence-corrected chi connectivity index (χ3v) is 5.12. The van der Waals surface area contributed by atoms with Crippen LogP contribution < -0.4 is 9.47 Å². The molecule has 0 aromatic heterocycles. The number of benzene rings is 1. The topological polar surface area (TPSA) is 41.9 Å². The van der Waals surface area contributed by atoms with E-state index in [1.54, 1.807) is 14.2 Å². The van der Waals surface area contributed by atoms with Gasteiger partial charge in [0.15, 0.2) is 11.5 Å². The molecule has 1 aromatic carbocycles. The first kappa shape index (κ1) is 14.7. The Kier molecular flexibility index (Phi) is 4.09. The molecule has 4 nitrogen and oxygen atoms in total. The first-order chi connectivity index (χ1) is 10.2. The third-order valence-electron chi connectivity index (χ3n) is 5.12. The highest BCUT2D eigenvalue weighted by Gasteiger charge is 2.37. The van der Waals surface area contributed by atoms with Gasteiger partial charge < -0.3 is 14.6 Å². The summed E-state index contributed by atoms with van der Waals surface area (Å²) in [5.41, 5.74) is 2.63. The fourth-order valence-electron chi connectivity index (χ4n) is 3.82. The maximum Gasteiger partial charge on any atom is 0.161 e. The van der Waals surface area contributed by atoms with Crippen molar-refractivity contribution in [2.24, 2.45) is 5.92 Å². The summed E-state index contributed by atoms with van der Waals surface area (Å²) in [5, 5.41) is 10.4. The van der Waals surface area contributed by atoms with Crippen LogP contribution in [-0.2, 0) is 6.42 Å². The summed E-state index contributed by atoms with van der Waals surface area (Å²) in [6.07, 6.45) is 2.71. The van der Waals surface area contributed by atoms with Crippen LogP contribution in [0.5, 0.6) is 11.5 Å². The predicted molar refractivity (Wildman–Crippen MR) is 82.0 cm³/mol. The van der Waals surface area contributed by atoms with Crippen LogP contribution in [0.3, 0.4) is 0 Å². The van der Waals surface area contributed by atoms with Crippen molar-refractivity contribution >= 4 is 0 Å². The van der Waals surface area contributed by atoms with Crippen LogP contribution in [-0.4, -0.2) is 43.4 Å². The Bertz CT molecular complexity index is 517. The molecule has 1 N–H and O–H groups in total. The molecule has 2 aliphatic rings. The molecule has 0 radical (unpaired) electrons. The van der Waals surface area contributed by atoms with Gasteiger partial charge in [0.25, 0.3) is 0 Å². The summed E-state index contributed by atoms with van der Waals surface area (Å²) in [7, 11) is 3.35. The quantitative estimate of drug-likeness (QED) is 0.928. The van der Waals surface area contributed by atoms with E-state index >= 15 is 0 Å². The van der Waals surface area contributed by atoms with E-state index < -0.39 is 0 Å². The molecule has 0 bridgehead atoms. The van der Waals surface area contributed by atoms with Crippen LogP contribution in [0.1, 0.15) is 36.9 Å². The third kappa shape index (κ3) is 2.51. The predicted octanol–water partition coefficient (Wildman–Crippen LogP) is 2.39. The van der Waals surface area contributed by atoms with Crippen molar-refractivity contribution in [1.29, 1.82) is 0 Å². The van der Waals surface area contributed by atoms with Gasteiger partial charge in [-0.05, 0) is 48.4 Å². The van der Waals surface area contributed by atoms with Gasteiger partial charge in [0.1, 0.15) is 0 Å². The molecule has 2 aliphatic heterocycles. The molecule has 1 saturated heterocycles. The zero-order valence-electron chi connectivity index (χ0n) is 13.1. The Balaban J connectivity index is 1.95. The van der Waals surface area contributed by atoms with E-state index in [0.29, 0.717) is 12.0 Å². The van der Waals surface area contributed by atoms with Crippen LogP contribution in [0.2, 0.25) is 0 Å². The standard InChI is InChI=1S/C17H25NO3/c1-4-11-10-18-6-5-12-7-16(20-2)17(21-3)8-13(12)14(18)9-15(11)19/h7-8,11,14-15,19H,4-6,9-10H2,1-3H3/t11-,14+,15+/m1/s1. The molecule has 3 rings (SSSR count). The second-order valence-electron chi connectivity index (χ2n) is 6.14. The second kappa shape index (κ2) is 5.85. The number of aliphatic hydroxyl groups is 1. The molecule has 2 heterocycles. The summed E-state index contributed by atoms with van der Waals surface area (Å²) in [6.45, 7) is 4.23. The molecular formula is C17H25NO3. The molecule has 21 heavy (non-hydrogen) atoms. The fourth-order valence-corrected chi connectivity index (χ4v) is 3.82. The molecule has 4 heteroatoms. The van der Waals surface area contributed by atoms with E-state index in [1.165, 1.54) is 11.1 Å². The highest BCUT2D eigenvalue weighted by atomic mass is 16.5. The number of nitrogens with zero attached hydrogens (tertiary/aromatic N) is 1. The van der Waals surface area contributed by atoms with Crippen LogP contribution in [0.15, 0.2) is 12.1 Å². The van der Waals surface area contributed by atoms with Crippen LogP contribution in [0, 0.1) is 5.92 Å². The number of hydrogen-bond donors (Lipinski definition) is 1. The van der Waals surface area contributed by atoms with Gasteiger partial charge in [-0.1, -0.05) is 6.92 Å². The number of piperidine rings is 1. The number of aliphatic hydroxyl groups excluding tert-OH is 1. The molecule has 1 fully saturated rings. The minimum atomic E-state index is -0.199. The van der Waals surface area contributed by atoms with E-state index in [9.17, 15) is 5.11 Å². The normalized spacial score (nSPS) is 28.7. The zero-order chi connectivity index (χ0) is 15.0. The fraction of sp³-hybridized carbons (Fsp3) is 0.647. The molecule has 0 amide bonds. The number of ether oxygens (including phenoxy) is 2. The molecule has 0 aliphatic carbocycles. The molecule has 0 unspecified atom stereocenters. The molecule has 116 valence electrons. The van der Waals surface area contributed by atoms with Crippen molar-refractivity contribution in [3.63, 3.8) is 0 Å². The van der Waals surface area contributed by atoms with E-state index in [0.717, 1.165) is 43.9 Å². The average molecular weight is 291 g/mol. The Hall–Kier alpha value is -1.26. The number of fused-ring (bicyclic) bond motifs is 3. The van der Waals surface area contributed by atoms with E-state index in [-0.39, 0.29) is 6.10 Å². The maximum absolute atomic E-state index is 10.4. The van der Waals surface area contributed by atoms with Crippen molar-refractivity contribution in [2.45, 2.75) is 38.3 Å². The van der Waals surface area contributed by atoms with Crippen molar-refractivity contribution in [1.82, 2.24) is 4.90 Å². The lowest BCUT2D eigenvalue weighted by atomic mass is 9.81. The lowest BCUT2D eigenvalue weighted by Crippen LogP contribution is -2.47. The van der Waals surface area contributed by atoms with E-state index in [4.69, 9.17) is 9.47 Å². The van der Waals surface area contributed by atoms with Crippen molar-refractivity contribution in [2.75, 3.05) is 27.3 Å². The summed E-state index contributed by atoms with van der Waals surface area (Å²) in [4.78, 5) is 2.52. The van der Waals surface area contributed by atoms with Crippen LogP contribution >= 0.6 is 0 Å². The number of rotatable bonds is 3. The Labute approximate surface area is 126 Å². The van der Waals surface area contributed by atoms with Gasteiger partial charge in [-0.15, -0.1) is 0 Å². The van der Waals surface area contributed by atoms with Gasteiger partial charge in [0.2, 0.25) is 0 Å². The van der Waals surface area contributed by atoms with Gasteiger partial charge in [-0.25, -0.2) is 0 Å². The molecule has 0 saturated carbocycles. The van der Waals surface area contributed by atoms with Crippen LogP contribution in [0.25, 0.3) is 0 Å². The van der Waals surface area contributed by atoms with Gasteiger partial charge in [0.05, 0.1) is 20.3 Å². The maximum atomic E-state index is 10.4. The Morgan fingerprint density at radius 2 is 1.95 bits per heavy atom. The number of methoxy groups -OCH3 is 2. The smallest absolute Gasteiger partial charge is 0.161 e. The van der Waals surface area contributed by atoms with E-state index in [1.807, 2.05) is 0 Å². The molecule has 0 spiro atoms. The second-order valence-corrected chi connectivity index (χ2v) is 6.14. The highest BCUT2D eigenvalue weighted by Crippen LogP contribution is 2.43. The minimum Gasteiger partial charge on any atom is -0.493 e. The summed E-state index contributed by atoms with van der Waals surface area (Å²) >= 11 is 0. The molecule has 1 aromatic rings. The van der Waals surface area contributed by atoms with Gasteiger partial charge in [-0.2, -0.15) is 0 Å². The minimum absolute atomic E-state index is 0.199. The Morgan fingerprint density at radius 3 is 2.62 bits per heavy atom. The first-order valence-electron chi connectivity index (χ1n) is 7.84. The van der Waals surface area contributed by atoms with Crippen molar-refractivity contribution in [3.05, 3.63) is 23.3 Å². The average Bonchev–Trinajstić information content (AvgIpc) is 2.52. The van der Waals surface area contributed by atoms with Gasteiger partial charge in [0, 0.05) is 19.1 Å². The summed E-state index contributed by atoms with van der Waals surface area (Å²) in [5.74, 6) is 1.99. The summed E-state index contributed by atoms with van der Waals surface area (Å²) in [6, 6.07) is 4.51. The van der Waals surface area contributed by atoms with E-state index in [2.05, 4.69) is 24.0 Å². The molecule has 3 atom stereocenters. The zero-order valence-corrected chi connectivity index (χ0v) is 13.1. The van der Waals surface area contributed by atoms with Crippen molar-refractivity contribution in [3.8, 4) is 11.5 Å². The SMILES string of the molecule is CC[C@@H]1CN2CCc3cc(OC)c(OC)cc3[C@@H]2C[C@@H]1O. The van der Waals surface area contributed by atoms with Gasteiger partial charge in [-0.3, -0.25) is 4.90 Å². The molecular weight excluding hydrogens is 266 g/mol. The lowest BCUT2D eigenvalue weighted by Gasteiger charge is -2.45. The monoisotopic (exact) mass is 291 g/mol.